The molecule has 1 rings (SSSR count). The molecule has 3 N–H and O–H groups in total. The van der Waals surface area contributed by atoms with Crippen LogP contribution in [0.4, 0.5) is 5.69 Å². The minimum Gasteiger partial charge on any atom is -0.492 e. The fourth-order valence-electron chi connectivity index (χ4n) is 1.81. The van der Waals surface area contributed by atoms with Crippen molar-refractivity contribution in [1.82, 2.24) is 10.6 Å². The first kappa shape index (κ1) is 21.5. The van der Waals surface area contributed by atoms with E-state index in [1.165, 1.54) is 6.92 Å². The Labute approximate surface area is 155 Å². The SMILES string of the molecule is CCCCNC(=NC)NCCOc1cccc(NC(C)=O)c1.I. The van der Waals surface area contributed by atoms with Crippen molar-refractivity contribution >= 4 is 41.5 Å². The van der Waals surface area contributed by atoms with E-state index in [0.717, 1.165) is 36.8 Å². The van der Waals surface area contributed by atoms with Crippen molar-refractivity contribution in [3.8, 4) is 5.75 Å². The number of guanidine groups is 1. The third kappa shape index (κ3) is 9.98. The van der Waals surface area contributed by atoms with Gasteiger partial charge in [-0.1, -0.05) is 19.4 Å². The average Bonchev–Trinajstić information content (AvgIpc) is 2.49. The molecule has 1 aromatic carbocycles. The number of halogens is 1. The topological polar surface area (TPSA) is 74.8 Å². The molecule has 0 heterocycles. The number of amides is 1. The number of nitrogens with one attached hydrogen (secondary N) is 3. The van der Waals surface area contributed by atoms with E-state index in [0.29, 0.717) is 13.2 Å². The molecule has 23 heavy (non-hydrogen) atoms. The summed E-state index contributed by atoms with van der Waals surface area (Å²) in [6.07, 6.45) is 2.27. The first-order chi connectivity index (χ1) is 10.7. The minimum absolute atomic E-state index is 0. The summed E-state index contributed by atoms with van der Waals surface area (Å²) in [6, 6.07) is 7.33. The van der Waals surface area contributed by atoms with Gasteiger partial charge in [-0.2, -0.15) is 0 Å². The maximum Gasteiger partial charge on any atom is 0.221 e. The van der Waals surface area contributed by atoms with E-state index in [2.05, 4.69) is 27.9 Å². The number of hydrogen-bond acceptors (Lipinski definition) is 3. The van der Waals surface area contributed by atoms with Gasteiger partial charge in [0.2, 0.25) is 5.91 Å². The molecule has 0 unspecified atom stereocenters. The Balaban J connectivity index is 0.00000484. The second kappa shape index (κ2) is 13.0. The fourth-order valence-corrected chi connectivity index (χ4v) is 1.81. The van der Waals surface area contributed by atoms with E-state index in [9.17, 15) is 4.79 Å². The number of ether oxygens (including phenoxy) is 1. The molecule has 0 aliphatic rings. The third-order valence-electron chi connectivity index (χ3n) is 2.86. The number of carbonyl (C=O) groups is 1. The summed E-state index contributed by atoms with van der Waals surface area (Å²) in [4.78, 5) is 15.2. The predicted molar refractivity (Wildman–Crippen MR) is 106 cm³/mol. The lowest BCUT2D eigenvalue weighted by molar-refractivity contribution is -0.114. The molecule has 0 atom stereocenters. The van der Waals surface area contributed by atoms with E-state index < -0.39 is 0 Å². The molecule has 0 saturated heterocycles. The lowest BCUT2D eigenvalue weighted by Crippen LogP contribution is -2.39. The van der Waals surface area contributed by atoms with Crippen LogP contribution in [0.3, 0.4) is 0 Å². The van der Waals surface area contributed by atoms with E-state index in [4.69, 9.17) is 4.74 Å². The second-order valence-electron chi connectivity index (χ2n) is 4.84. The number of anilines is 1. The van der Waals surface area contributed by atoms with Crippen LogP contribution >= 0.6 is 24.0 Å². The van der Waals surface area contributed by atoms with E-state index in [1.807, 2.05) is 18.2 Å². The molecule has 7 heteroatoms. The van der Waals surface area contributed by atoms with Crippen LogP contribution in [0.5, 0.6) is 5.75 Å². The molecule has 0 bridgehead atoms. The molecule has 0 fully saturated rings. The van der Waals surface area contributed by atoms with Gasteiger partial charge in [0.05, 0.1) is 6.54 Å². The Morgan fingerprint density at radius 3 is 2.65 bits per heavy atom. The number of hydrogen-bond donors (Lipinski definition) is 3. The third-order valence-corrected chi connectivity index (χ3v) is 2.86. The summed E-state index contributed by atoms with van der Waals surface area (Å²) in [6.45, 7) is 5.71. The Kier molecular flexibility index (Phi) is 12.1. The second-order valence-corrected chi connectivity index (χ2v) is 4.84. The van der Waals surface area contributed by atoms with Crippen molar-refractivity contribution < 1.29 is 9.53 Å². The highest BCUT2D eigenvalue weighted by Crippen LogP contribution is 2.16. The molecule has 1 amide bonds. The summed E-state index contributed by atoms with van der Waals surface area (Å²) in [5.74, 6) is 1.41. The molecule has 0 aromatic heterocycles. The Bertz CT molecular complexity index is 495. The van der Waals surface area contributed by atoms with E-state index >= 15 is 0 Å². The van der Waals surface area contributed by atoms with Crippen LogP contribution in [0.1, 0.15) is 26.7 Å². The molecule has 1 aromatic rings. The summed E-state index contributed by atoms with van der Waals surface area (Å²) in [5.41, 5.74) is 0.731. The minimum atomic E-state index is -0.0965. The largest absolute Gasteiger partial charge is 0.492 e. The quantitative estimate of drug-likeness (QED) is 0.255. The van der Waals surface area contributed by atoms with Crippen LogP contribution in [0.25, 0.3) is 0 Å². The number of carbonyl (C=O) groups excluding carboxylic acids is 1. The molecular weight excluding hydrogens is 407 g/mol. The zero-order valence-corrected chi connectivity index (χ0v) is 16.3. The van der Waals surface area contributed by atoms with Crippen molar-refractivity contribution in [3.05, 3.63) is 24.3 Å². The van der Waals surface area contributed by atoms with Crippen LogP contribution < -0.4 is 20.7 Å². The maximum atomic E-state index is 11.0. The van der Waals surface area contributed by atoms with Gasteiger partial charge in [-0.3, -0.25) is 9.79 Å². The van der Waals surface area contributed by atoms with Gasteiger partial charge in [-0.15, -0.1) is 24.0 Å². The smallest absolute Gasteiger partial charge is 0.221 e. The zero-order valence-electron chi connectivity index (χ0n) is 14.0. The first-order valence-corrected chi connectivity index (χ1v) is 7.60. The Morgan fingerprint density at radius 2 is 2.00 bits per heavy atom. The zero-order chi connectivity index (χ0) is 16.2. The van der Waals surface area contributed by atoms with Crippen LogP contribution in [0.2, 0.25) is 0 Å². The molecule has 130 valence electrons. The van der Waals surface area contributed by atoms with Crippen molar-refractivity contribution in [2.75, 3.05) is 32.1 Å². The number of nitrogens with zero attached hydrogens (tertiary/aromatic N) is 1. The summed E-state index contributed by atoms with van der Waals surface area (Å²) < 4.78 is 5.65. The number of rotatable bonds is 8. The molecule has 0 aliphatic carbocycles. The monoisotopic (exact) mass is 434 g/mol. The average molecular weight is 434 g/mol. The molecule has 0 saturated carbocycles. The maximum absolute atomic E-state index is 11.0. The summed E-state index contributed by atoms with van der Waals surface area (Å²) >= 11 is 0. The summed E-state index contributed by atoms with van der Waals surface area (Å²) in [7, 11) is 1.75. The van der Waals surface area contributed by atoms with Crippen molar-refractivity contribution in [1.29, 1.82) is 0 Å². The standard InChI is InChI=1S/C16H26N4O2.HI/c1-4-5-9-18-16(17-3)19-10-11-22-15-8-6-7-14(12-15)20-13(2)21;/h6-8,12H,4-5,9-11H2,1-3H3,(H,20,21)(H2,17,18,19);1H. The molecule has 6 nitrogen and oxygen atoms in total. The molecule has 0 aliphatic heterocycles. The number of aliphatic imine (C=N–C) groups is 1. The van der Waals surface area contributed by atoms with Gasteiger partial charge in [-0.25, -0.2) is 0 Å². The number of unbranched alkanes of at least 4 members (excludes halogenated alkanes) is 1. The highest BCUT2D eigenvalue weighted by atomic mass is 127. The molecule has 0 radical (unpaired) electrons. The normalized spacial score (nSPS) is 10.5. The van der Waals surface area contributed by atoms with Gasteiger partial charge < -0.3 is 20.7 Å². The van der Waals surface area contributed by atoms with Gasteiger partial charge >= 0.3 is 0 Å². The molecule has 0 spiro atoms. The van der Waals surface area contributed by atoms with Gasteiger partial charge in [-0.05, 0) is 18.6 Å². The Morgan fingerprint density at radius 1 is 1.26 bits per heavy atom. The van der Waals surface area contributed by atoms with Crippen LogP contribution in [-0.4, -0.2) is 38.6 Å². The van der Waals surface area contributed by atoms with Crippen molar-refractivity contribution in [2.45, 2.75) is 26.7 Å². The highest BCUT2D eigenvalue weighted by Gasteiger charge is 2.00. The number of benzene rings is 1. The van der Waals surface area contributed by atoms with E-state index in [-0.39, 0.29) is 29.9 Å². The van der Waals surface area contributed by atoms with Crippen molar-refractivity contribution in [2.24, 2.45) is 4.99 Å². The predicted octanol–water partition coefficient (Wildman–Crippen LogP) is 2.61. The van der Waals surface area contributed by atoms with Gasteiger partial charge in [0.25, 0.3) is 0 Å². The van der Waals surface area contributed by atoms with Crippen LogP contribution in [0, 0.1) is 0 Å². The van der Waals surface area contributed by atoms with Crippen LogP contribution in [-0.2, 0) is 4.79 Å². The van der Waals surface area contributed by atoms with Crippen LogP contribution in [0.15, 0.2) is 29.3 Å². The lowest BCUT2D eigenvalue weighted by atomic mass is 10.3. The fraction of sp³-hybridized carbons (Fsp3) is 0.500. The first-order valence-electron chi connectivity index (χ1n) is 7.60. The Hall–Kier alpha value is -1.51. The highest BCUT2D eigenvalue weighted by molar-refractivity contribution is 14.0. The van der Waals surface area contributed by atoms with Gasteiger partial charge in [0, 0.05) is 32.3 Å². The van der Waals surface area contributed by atoms with Gasteiger partial charge in [0.15, 0.2) is 5.96 Å². The molecular formula is C16H27IN4O2. The van der Waals surface area contributed by atoms with Gasteiger partial charge in [0.1, 0.15) is 12.4 Å². The van der Waals surface area contributed by atoms with E-state index in [1.54, 1.807) is 13.1 Å². The van der Waals surface area contributed by atoms with Crippen molar-refractivity contribution in [3.63, 3.8) is 0 Å². The lowest BCUT2D eigenvalue weighted by Gasteiger charge is -2.12. The summed E-state index contributed by atoms with van der Waals surface area (Å²) in [5, 5.41) is 9.15.